The van der Waals surface area contributed by atoms with Crippen LogP contribution >= 0.6 is 11.3 Å². The van der Waals surface area contributed by atoms with Gasteiger partial charge in [-0.25, -0.2) is 9.48 Å². The number of thiophene rings is 1. The fourth-order valence-electron chi connectivity index (χ4n) is 3.12. The van der Waals surface area contributed by atoms with Crippen LogP contribution in [0.3, 0.4) is 0 Å². The molecule has 0 bridgehead atoms. The molecule has 0 saturated heterocycles. The average Bonchev–Trinajstić information content (AvgIpc) is 3.19. The van der Waals surface area contributed by atoms with Crippen LogP contribution in [0.5, 0.6) is 0 Å². The summed E-state index contributed by atoms with van der Waals surface area (Å²) >= 11 is 1.86. The van der Waals surface area contributed by atoms with Crippen molar-refractivity contribution in [1.29, 1.82) is 0 Å². The van der Waals surface area contributed by atoms with E-state index in [4.69, 9.17) is 0 Å². The molecule has 118 valence electrons. The molecule has 0 amide bonds. The van der Waals surface area contributed by atoms with Gasteiger partial charge in [-0.1, -0.05) is 0 Å². The Kier molecular flexibility index (Phi) is 3.66. The van der Waals surface area contributed by atoms with E-state index in [2.05, 4.69) is 29.1 Å². The van der Waals surface area contributed by atoms with Gasteiger partial charge in [0.05, 0.1) is 0 Å². The Morgan fingerprint density at radius 3 is 2.86 bits per heavy atom. The second kappa shape index (κ2) is 5.66. The molecular formula is C16H22N4OS. The lowest BCUT2D eigenvalue weighted by molar-refractivity contribution is 0.271. The molecule has 3 heterocycles. The number of fused-ring (bicyclic) bond motifs is 1. The molecule has 5 nitrogen and oxygen atoms in total. The van der Waals surface area contributed by atoms with Gasteiger partial charge in [-0.2, -0.15) is 5.10 Å². The Morgan fingerprint density at radius 1 is 1.27 bits per heavy atom. The molecule has 2 aliphatic rings. The van der Waals surface area contributed by atoms with Crippen LogP contribution in [-0.4, -0.2) is 32.3 Å². The third-order valence-electron chi connectivity index (χ3n) is 4.59. The Bertz CT molecular complexity index is 725. The molecule has 2 aromatic heterocycles. The molecule has 1 saturated carbocycles. The zero-order valence-electron chi connectivity index (χ0n) is 13.0. The predicted octanol–water partition coefficient (Wildman–Crippen LogP) is 1.88. The van der Waals surface area contributed by atoms with Gasteiger partial charge in [0.25, 0.3) is 0 Å². The molecule has 1 fully saturated rings. The van der Waals surface area contributed by atoms with Gasteiger partial charge < -0.3 is 0 Å². The maximum absolute atomic E-state index is 12.4. The van der Waals surface area contributed by atoms with Gasteiger partial charge in [-0.15, -0.1) is 11.3 Å². The molecule has 0 unspecified atom stereocenters. The fraction of sp³-hybridized carbons (Fsp3) is 0.625. The summed E-state index contributed by atoms with van der Waals surface area (Å²) in [5.74, 6) is 1.66. The highest BCUT2D eigenvalue weighted by Gasteiger charge is 2.25. The van der Waals surface area contributed by atoms with Gasteiger partial charge in [-0.05, 0) is 37.8 Å². The van der Waals surface area contributed by atoms with Crippen molar-refractivity contribution in [2.24, 2.45) is 5.92 Å². The summed E-state index contributed by atoms with van der Waals surface area (Å²) in [5, 5.41) is 4.58. The Labute approximate surface area is 134 Å². The first-order chi connectivity index (χ1) is 10.7. The average molecular weight is 318 g/mol. The number of aryl methyl sites for hydroxylation is 1. The SMILES string of the molecule is Cc1ccc(CN2CCc3nn(CC4CC4)c(=O)n3CC2)s1. The van der Waals surface area contributed by atoms with E-state index < -0.39 is 0 Å². The third kappa shape index (κ3) is 2.90. The van der Waals surface area contributed by atoms with E-state index in [1.54, 1.807) is 4.68 Å². The van der Waals surface area contributed by atoms with Crippen molar-refractivity contribution in [3.05, 3.63) is 38.2 Å². The smallest absolute Gasteiger partial charge is 0.296 e. The van der Waals surface area contributed by atoms with Crippen molar-refractivity contribution in [3.63, 3.8) is 0 Å². The van der Waals surface area contributed by atoms with Crippen LogP contribution in [0.1, 0.15) is 28.4 Å². The second-order valence-electron chi connectivity index (χ2n) is 6.51. The van der Waals surface area contributed by atoms with Crippen molar-refractivity contribution in [3.8, 4) is 0 Å². The molecule has 0 spiro atoms. The summed E-state index contributed by atoms with van der Waals surface area (Å²) in [6.07, 6.45) is 3.38. The van der Waals surface area contributed by atoms with Crippen LogP contribution in [0.25, 0.3) is 0 Å². The molecule has 0 radical (unpaired) electrons. The summed E-state index contributed by atoms with van der Waals surface area (Å²) in [5.41, 5.74) is 0.0933. The zero-order valence-corrected chi connectivity index (χ0v) is 13.8. The predicted molar refractivity (Wildman–Crippen MR) is 87.2 cm³/mol. The Balaban J connectivity index is 1.45. The monoisotopic (exact) mass is 318 g/mol. The van der Waals surface area contributed by atoms with E-state index in [0.29, 0.717) is 5.92 Å². The number of aromatic nitrogens is 3. The number of hydrogen-bond acceptors (Lipinski definition) is 4. The van der Waals surface area contributed by atoms with E-state index in [1.807, 2.05) is 15.9 Å². The topological polar surface area (TPSA) is 43.1 Å². The lowest BCUT2D eigenvalue weighted by Gasteiger charge is -2.18. The minimum absolute atomic E-state index is 0.0933. The highest BCUT2D eigenvalue weighted by Crippen LogP contribution is 2.29. The first-order valence-corrected chi connectivity index (χ1v) is 8.95. The van der Waals surface area contributed by atoms with E-state index in [-0.39, 0.29) is 5.69 Å². The van der Waals surface area contributed by atoms with E-state index in [9.17, 15) is 4.79 Å². The van der Waals surface area contributed by atoms with Gasteiger partial charge in [-0.3, -0.25) is 9.47 Å². The number of hydrogen-bond donors (Lipinski definition) is 0. The van der Waals surface area contributed by atoms with Crippen LogP contribution in [0.2, 0.25) is 0 Å². The minimum atomic E-state index is 0.0933. The van der Waals surface area contributed by atoms with Gasteiger partial charge in [0, 0.05) is 48.9 Å². The molecule has 0 atom stereocenters. The van der Waals surface area contributed by atoms with E-state index in [0.717, 1.165) is 45.0 Å². The first kappa shape index (κ1) is 14.2. The van der Waals surface area contributed by atoms with Crippen LogP contribution in [0.4, 0.5) is 0 Å². The van der Waals surface area contributed by atoms with Crippen LogP contribution in [0, 0.1) is 12.8 Å². The quantitative estimate of drug-likeness (QED) is 0.864. The van der Waals surface area contributed by atoms with Crippen molar-refractivity contribution in [1.82, 2.24) is 19.2 Å². The molecule has 0 aromatic carbocycles. The minimum Gasteiger partial charge on any atom is -0.296 e. The van der Waals surface area contributed by atoms with E-state index in [1.165, 1.54) is 22.6 Å². The van der Waals surface area contributed by atoms with Crippen molar-refractivity contribution in [2.45, 2.75) is 45.8 Å². The molecular weight excluding hydrogens is 296 g/mol. The largest absolute Gasteiger partial charge is 0.345 e. The molecule has 0 N–H and O–H groups in total. The summed E-state index contributed by atoms with van der Waals surface area (Å²) in [6.45, 7) is 6.63. The van der Waals surface area contributed by atoms with Crippen LogP contribution < -0.4 is 5.69 Å². The van der Waals surface area contributed by atoms with Gasteiger partial charge in [0.15, 0.2) is 0 Å². The first-order valence-electron chi connectivity index (χ1n) is 8.13. The number of rotatable bonds is 4. The third-order valence-corrected chi connectivity index (χ3v) is 5.58. The lowest BCUT2D eigenvalue weighted by Crippen LogP contribution is -2.30. The number of nitrogens with zero attached hydrogens (tertiary/aromatic N) is 4. The van der Waals surface area contributed by atoms with Crippen molar-refractivity contribution < 1.29 is 0 Å². The maximum atomic E-state index is 12.4. The molecule has 6 heteroatoms. The molecule has 4 rings (SSSR count). The highest BCUT2D eigenvalue weighted by molar-refractivity contribution is 7.11. The standard InChI is InChI=1S/C16H22N4OS/c1-12-2-5-14(22-12)11-18-7-6-15-17-20(10-13-3-4-13)16(21)19(15)9-8-18/h2,5,13H,3-4,6-11H2,1H3. The summed E-state index contributed by atoms with van der Waals surface area (Å²) < 4.78 is 3.59. The fourth-order valence-corrected chi connectivity index (χ4v) is 4.05. The van der Waals surface area contributed by atoms with Gasteiger partial charge in [0.2, 0.25) is 0 Å². The zero-order chi connectivity index (χ0) is 15.1. The second-order valence-corrected chi connectivity index (χ2v) is 7.89. The van der Waals surface area contributed by atoms with Gasteiger partial charge >= 0.3 is 5.69 Å². The Morgan fingerprint density at radius 2 is 2.14 bits per heavy atom. The van der Waals surface area contributed by atoms with E-state index >= 15 is 0 Å². The summed E-state index contributed by atoms with van der Waals surface area (Å²) in [6, 6.07) is 4.39. The van der Waals surface area contributed by atoms with Crippen molar-refractivity contribution >= 4 is 11.3 Å². The maximum Gasteiger partial charge on any atom is 0.345 e. The van der Waals surface area contributed by atoms with Crippen LogP contribution in [-0.2, 0) is 26.1 Å². The molecule has 22 heavy (non-hydrogen) atoms. The molecule has 1 aliphatic carbocycles. The summed E-state index contributed by atoms with van der Waals surface area (Å²) in [4.78, 5) is 17.6. The molecule has 2 aromatic rings. The van der Waals surface area contributed by atoms with Crippen LogP contribution in [0.15, 0.2) is 16.9 Å². The summed E-state index contributed by atoms with van der Waals surface area (Å²) in [7, 11) is 0. The Hall–Kier alpha value is -1.40. The normalized spacial score (nSPS) is 19.1. The lowest BCUT2D eigenvalue weighted by atomic mass is 10.3. The van der Waals surface area contributed by atoms with Gasteiger partial charge in [0.1, 0.15) is 5.82 Å². The molecule has 1 aliphatic heterocycles. The van der Waals surface area contributed by atoms with Crippen molar-refractivity contribution in [2.75, 3.05) is 13.1 Å². The highest BCUT2D eigenvalue weighted by atomic mass is 32.1.